The summed E-state index contributed by atoms with van der Waals surface area (Å²) in [5, 5.41) is 3.83. The Morgan fingerprint density at radius 3 is 2.48 bits per heavy atom. The van der Waals surface area contributed by atoms with Crippen molar-refractivity contribution in [3.63, 3.8) is 0 Å². The third-order valence-corrected chi connectivity index (χ3v) is 5.76. The molecule has 1 aromatic rings. The van der Waals surface area contributed by atoms with E-state index in [1.165, 1.54) is 4.31 Å². The summed E-state index contributed by atoms with van der Waals surface area (Å²) in [6.07, 6.45) is -0.121. The van der Waals surface area contributed by atoms with E-state index in [2.05, 4.69) is 5.32 Å². The van der Waals surface area contributed by atoms with E-state index in [0.717, 1.165) is 5.56 Å². The molecule has 1 aromatic carbocycles. The number of sulfonamides is 1. The van der Waals surface area contributed by atoms with Crippen LogP contribution in [0.1, 0.15) is 19.4 Å². The van der Waals surface area contributed by atoms with Crippen molar-refractivity contribution < 1.29 is 13.2 Å². The van der Waals surface area contributed by atoms with Crippen molar-refractivity contribution in [2.45, 2.75) is 32.6 Å². The van der Waals surface area contributed by atoms with E-state index in [-0.39, 0.29) is 30.4 Å². The number of ether oxygens (including phenoxy) is 1. The Morgan fingerprint density at radius 1 is 1.26 bits per heavy atom. The van der Waals surface area contributed by atoms with Crippen molar-refractivity contribution in [2.24, 2.45) is 0 Å². The van der Waals surface area contributed by atoms with Crippen LogP contribution in [0.5, 0.6) is 0 Å². The Labute approximate surface area is 149 Å². The quantitative estimate of drug-likeness (QED) is 0.766. The molecule has 0 radical (unpaired) electrons. The molecule has 8 heteroatoms. The normalized spacial score (nSPS) is 22.6. The molecule has 2 unspecified atom stereocenters. The molecule has 1 heterocycles. The Kier molecular flexibility index (Phi) is 8.27. The summed E-state index contributed by atoms with van der Waals surface area (Å²) in [6, 6.07) is 7.54. The third-order valence-electron chi connectivity index (χ3n) is 3.59. The van der Waals surface area contributed by atoms with Crippen LogP contribution >= 0.6 is 24.0 Å². The van der Waals surface area contributed by atoms with Crippen molar-refractivity contribution in [1.29, 1.82) is 0 Å². The highest BCUT2D eigenvalue weighted by Crippen LogP contribution is 2.15. The number of rotatable bonds is 6. The van der Waals surface area contributed by atoms with Crippen LogP contribution < -0.4 is 5.32 Å². The van der Waals surface area contributed by atoms with Crippen LogP contribution in [0.4, 0.5) is 0 Å². The van der Waals surface area contributed by atoms with Crippen LogP contribution in [-0.2, 0) is 21.3 Å². The van der Waals surface area contributed by atoms with Gasteiger partial charge in [-0.1, -0.05) is 29.8 Å². The molecule has 0 aromatic heterocycles. The first-order valence-electron chi connectivity index (χ1n) is 7.46. The summed E-state index contributed by atoms with van der Waals surface area (Å²) < 4.78 is 31.8. The first kappa shape index (κ1) is 20.7. The Balaban J connectivity index is 0.00000264. The number of nitrogens with one attached hydrogen (secondary N) is 1. The summed E-state index contributed by atoms with van der Waals surface area (Å²) in [4.78, 5) is 0. The van der Waals surface area contributed by atoms with E-state index >= 15 is 0 Å². The molecular formula is C15H24Cl2N2O3S. The minimum atomic E-state index is -3.26. The molecule has 23 heavy (non-hydrogen) atoms. The fourth-order valence-electron chi connectivity index (χ4n) is 2.55. The average molecular weight is 383 g/mol. The van der Waals surface area contributed by atoms with Crippen LogP contribution in [0.25, 0.3) is 0 Å². The predicted octanol–water partition coefficient (Wildman–Crippen LogP) is 2.29. The monoisotopic (exact) mass is 382 g/mol. The van der Waals surface area contributed by atoms with Gasteiger partial charge in [0.25, 0.3) is 0 Å². The van der Waals surface area contributed by atoms with Crippen molar-refractivity contribution >= 4 is 34.0 Å². The smallest absolute Gasteiger partial charge is 0.215 e. The minimum Gasteiger partial charge on any atom is -0.373 e. The summed E-state index contributed by atoms with van der Waals surface area (Å²) in [5.74, 6) is 0.0803. The maximum absolute atomic E-state index is 12.4. The summed E-state index contributed by atoms with van der Waals surface area (Å²) in [7, 11) is -3.26. The van der Waals surface area contributed by atoms with Gasteiger partial charge in [0.15, 0.2) is 0 Å². The van der Waals surface area contributed by atoms with Gasteiger partial charge in [0, 0.05) is 31.2 Å². The second-order valence-corrected chi connectivity index (χ2v) is 8.15. The predicted molar refractivity (Wildman–Crippen MR) is 95.8 cm³/mol. The number of morpholine rings is 1. The molecule has 0 bridgehead atoms. The molecule has 2 atom stereocenters. The second-order valence-electron chi connectivity index (χ2n) is 5.66. The Hall–Kier alpha value is -0.370. The zero-order valence-corrected chi connectivity index (χ0v) is 15.8. The Morgan fingerprint density at radius 2 is 1.87 bits per heavy atom. The van der Waals surface area contributed by atoms with Crippen LogP contribution in [-0.4, -0.2) is 50.3 Å². The van der Waals surface area contributed by atoms with E-state index < -0.39 is 10.0 Å². The van der Waals surface area contributed by atoms with E-state index in [9.17, 15) is 8.42 Å². The van der Waals surface area contributed by atoms with E-state index in [1.807, 2.05) is 38.1 Å². The lowest BCUT2D eigenvalue weighted by atomic mass is 10.2. The maximum atomic E-state index is 12.4. The molecule has 0 amide bonds. The van der Waals surface area contributed by atoms with Gasteiger partial charge in [-0.3, -0.25) is 0 Å². The van der Waals surface area contributed by atoms with Crippen LogP contribution in [0, 0.1) is 0 Å². The summed E-state index contributed by atoms with van der Waals surface area (Å²) in [6.45, 7) is 5.61. The van der Waals surface area contributed by atoms with Gasteiger partial charge in [0.2, 0.25) is 10.0 Å². The first-order chi connectivity index (χ1) is 10.4. The fourth-order valence-corrected chi connectivity index (χ4v) is 4.29. The van der Waals surface area contributed by atoms with Crippen LogP contribution in [0.3, 0.4) is 0 Å². The van der Waals surface area contributed by atoms with Gasteiger partial charge in [-0.2, -0.15) is 4.31 Å². The number of hydrogen-bond acceptors (Lipinski definition) is 4. The molecule has 132 valence electrons. The molecule has 1 saturated heterocycles. The highest BCUT2D eigenvalue weighted by molar-refractivity contribution is 7.89. The Bertz CT molecular complexity index is 588. The van der Waals surface area contributed by atoms with E-state index in [1.54, 1.807) is 0 Å². The van der Waals surface area contributed by atoms with Gasteiger partial charge in [0.05, 0.1) is 18.0 Å². The molecule has 1 aliphatic rings. The van der Waals surface area contributed by atoms with Crippen molar-refractivity contribution in [3.8, 4) is 0 Å². The lowest BCUT2D eigenvalue weighted by molar-refractivity contribution is -0.0440. The van der Waals surface area contributed by atoms with Crippen molar-refractivity contribution in [3.05, 3.63) is 34.9 Å². The standard InChI is InChI=1S/C15H23ClN2O3S.ClH/c1-12-10-18(11-13(2)21-12)22(19,20)8-7-17-9-14-5-3-4-6-15(14)16;/h3-6,12-13,17H,7-11H2,1-2H3;1H. The number of hydrogen-bond donors (Lipinski definition) is 1. The van der Waals surface area contributed by atoms with Gasteiger partial charge in [-0.05, 0) is 25.5 Å². The van der Waals surface area contributed by atoms with Gasteiger partial charge < -0.3 is 10.1 Å². The molecular weight excluding hydrogens is 359 g/mol. The summed E-state index contributed by atoms with van der Waals surface area (Å²) >= 11 is 6.07. The first-order valence-corrected chi connectivity index (χ1v) is 9.44. The SMILES string of the molecule is CC1CN(S(=O)(=O)CCNCc2ccccc2Cl)CC(C)O1.Cl. The number of benzene rings is 1. The van der Waals surface area contributed by atoms with Gasteiger partial charge in [-0.25, -0.2) is 8.42 Å². The maximum Gasteiger partial charge on any atom is 0.215 e. The minimum absolute atomic E-state index is 0. The topological polar surface area (TPSA) is 58.6 Å². The zero-order valence-electron chi connectivity index (χ0n) is 13.4. The van der Waals surface area contributed by atoms with Gasteiger partial charge >= 0.3 is 0 Å². The van der Waals surface area contributed by atoms with Crippen molar-refractivity contribution in [1.82, 2.24) is 9.62 Å². The molecule has 0 aliphatic carbocycles. The van der Waals surface area contributed by atoms with Gasteiger partial charge in [-0.15, -0.1) is 12.4 Å². The average Bonchev–Trinajstić information content (AvgIpc) is 2.44. The van der Waals surface area contributed by atoms with Crippen molar-refractivity contribution in [2.75, 3.05) is 25.4 Å². The van der Waals surface area contributed by atoms with Crippen LogP contribution in [0.15, 0.2) is 24.3 Å². The number of nitrogens with zero attached hydrogens (tertiary/aromatic N) is 1. The molecule has 1 fully saturated rings. The molecule has 0 spiro atoms. The molecule has 1 aliphatic heterocycles. The molecule has 2 rings (SSSR count). The van der Waals surface area contributed by atoms with E-state index in [4.69, 9.17) is 16.3 Å². The fraction of sp³-hybridized carbons (Fsp3) is 0.600. The van der Waals surface area contributed by atoms with E-state index in [0.29, 0.717) is 31.2 Å². The largest absolute Gasteiger partial charge is 0.373 e. The highest BCUT2D eigenvalue weighted by Gasteiger charge is 2.30. The third kappa shape index (κ3) is 6.21. The molecule has 0 saturated carbocycles. The van der Waals surface area contributed by atoms with Crippen LogP contribution in [0.2, 0.25) is 5.02 Å². The lowest BCUT2D eigenvalue weighted by Crippen LogP contribution is -2.49. The number of halogens is 2. The van der Waals surface area contributed by atoms with Gasteiger partial charge in [0.1, 0.15) is 0 Å². The lowest BCUT2D eigenvalue weighted by Gasteiger charge is -2.34. The second kappa shape index (κ2) is 9.20. The molecule has 1 N–H and O–H groups in total. The summed E-state index contributed by atoms with van der Waals surface area (Å²) in [5.41, 5.74) is 0.968. The molecule has 5 nitrogen and oxygen atoms in total. The highest BCUT2D eigenvalue weighted by atomic mass is 35.5. The zero-order chi connectivity index (χ0) is 16.2.